The van der Waals surface area contributed by atoms with Gasteiger partial charge in [0.05, 0.1) is 44.4 Å². The van der Waals surface area contributed by atoms with Gasteiger partial charge in [-0.2, -0.15) is 0 Å². The first kappa shape index (κ1) is 22.3. The normalized spacial score (nSPS) is 18.4. The number of ether oxygens (including phenoxy) is 3. The first-order valence-electron chi connectivity index (χ1n) is 11.5. The largest absolute Gasteiger partial charge is 0.497 e. The molecule has 2 aromatic carbocycles. The Labute approximate surface area is 197 Å². The van der Waals surface area contributed by atoms with Gasteiger partial charge in [-0.25, -0.2) is 4.79 Å². The van der Waals surface area contributed by atoms with Crippen molar-refractivity contribution in [2.45, 2.75) is 18.9 Å². The van der Waals surface area contributed by atoms with Crippen molar-refractivity contribution in [3.05, 3.63) is 63.8 Å². The molecule has 2 saturated heterocycles. The molecule has 0 radical (unpaired) electrons. The summed E-state index contributed by atoms with van der Waals surface area (Å²) in [5, 5.41) is 0.382. The van der Waals surface area contributed by atoms with E-state index in [0.717, 1.165) is 36.4 Å². The van der Waals surface area contributed by atoms with Crippen LogP contribution in [-0.4, -0.2) is 53.0 Å². The van der Waals surface area contributed by atoms with Crippen molar-refractivity contribution in [1.82, 2.24) is 0 Å². The minimum Gasteiger partial charge on any atom is -0.497 e. The van der Waals surface area contributed by atoms with Crippen molar-refractivity contribution < 1.29 is 23.4 Å². The van der Waals surface area contributed by atoms with E-state index >= 15 is 0 Å². The number of benzene rings is 2. The first-order chi connectivity index (χ1) is 16.6. The van der Waals surface area contributed by atoms with E-state index in [0.29, 0.717) is 48.7 Å². The Hall–Kier alpha value is -3.52. The maximum absolute atomic E-state index is 13.2. The molecule has 0 aliphatic carbocycles. The standard InChI is InChI=1S/C26H28N2O6/c1-31-19-6-3-5-18(15-19)28-8-4-7-22(28)20-13-17(26(30)32-2)14-21-23(29)16-24(34-25(20)21)27-9-11-33-12-10-27/h3,5-6,13-16,22H,4,7-12H2,1-2H3/t22-/m1/s1. The average molecular weight is 465 g/mol. The van der Waals surface area contributed by atoms with Crippen LogP contribution in [0.5, 0.6) is 5.75 Å². The maximum atomic E-state index is 13.2. The van der Waals surface area contributed by atoms with Crippen molar-refractivity contribution in [3.63, 3.8) is 0 Å². The molecule has 8 nitrogen and oxygen atoms in total. The number of esters is 1. The molecule has 2 aliphatic rings. The van der Waals surface area contributed by atoms with E-state index in [1.807, 2.05) is 35.2 Å². The minimum absolute atomic E-state index is 0.0673. The van der Waals surface area contributed by atoms with Gasteiger partial charge in [0.15, 0.2) is 11.3 Å². The van der Waals surface area contributed by atoms with Crippen LogP contribution in [0.25, 0.3) is 11.0 Å². The zero-order valence-corrected chi connectivity index (χ0v) is 19.4. The van der Waals surface area contributed by atoms with Crippen LogP contribution in [0.2, 0.25) is 0 Å². The van der Waals surface area contributed by atoms with E-state index in [1.54, 1.807) is 13.2 Å². The number of carbonyl (C=O) groups is 1. The lowest BCUT2D eigenvalue weighted by atomic mass is 9.98. The Kier molecular flexibility index (Phi) is 6.15. The van der Waals surface area contributed by atoms with Gasteiger partial charge < -0.3 is 28.4 Å². The number of morpholine rings is 1. The molecule has 0 bridgehead atoms. The van der Waals surface area contributed by atoms with Gasteiger partial charge in [-0.15, -0.1) is 0 Å². The number of methoxy groups -OCH3 is 2. The average Bonchev–Trinajstić information content (AvgIpc) is 3.38. The molecule has 1 atom stereocenters. The zero-order valence-electron chi connectivity index (χ0n) is 19.4. The van der Waals surface area contributed by atoms with E-state index in [-0.39, 0.29) is 11.5 Å². The third-order valence-electron chi connectivity index (χ3n) is 6.58. The van der Waals surface area contributed by atoms with Gasteiger partial charge in [0.25, 0.3) is 0 Å². The number of nitrogens with zero attached hydrogens (tertiary/aromatic N) is 2. The predicted octanol–water partition coefficient (Wildman–Crippen LogP) is 3.77. The van der Waals surface area contributed by atoms with E-state index in [1.165, 1.54) is 13.2 Å². The summed E-state index contributed by atoms with van der Waals surface area (Å²) < 4.78 is 22.2. The van der Waals surface area contributed by atoms with Crippen LogP contribution in [-0.2, 0) is 9.47 Å². The summed E-state index contributed by atoms with van der Waals surface area (Å²) in [6, 6.07) is 12.7. The molecule has 0 amide bonds. The fourth-order valence-corrected chi connectivity index (χ4v) is 4.88. The van der Waals surface area contributed by atoms with Gasteiger partial charge in [-0.1, -0.05) is 6.07 Å². The summed E-state index contributed by atoms with van der Waals surface area (Å²) in [6.07, 6.45) is 1.83. The first-order valence-corrected chi connectivity index (χ1v) is 11.5. The van der Waals surface area contributed by atoms with Crippen LogP contribution in [0, 0.1) is 0 Å². The number of hydrogen-bond acceptors (Lipinski definition) is 8. The van der Waals surface area contributed by atoms with E-state index in [9.17, 15) is 9.59 Å². The van der Waals surface area contributed by atoms with Crippen molar-refractivity contribution in [1.29, 1.82) is 0 Å². The monoisotopic (exact) mass is 464 g/mol. The molecule has 178 valence electrons. The van der Waals surface area contributed by atoms with E-state index in [2.05, 4.69) is 4.90 Å². The number of fused-ring (bicyclic) bond motifs is 1. The third kappa shape index (κ3) is 4.09. The molecule has 3 heterocycles. The van der Waals surface area contributed by atoms with Crippen molar-refractivity contribution in [2.75, 3.05) is 56.9 Å². The topological polar surface area (TPSA) is 81.4 Å². The maximum Gasteiger partial charge on any atom is 0.337 e. The summed E-state index contributed by atoms with van der Waals surface area (Å²) >= 11 is 0. The van der Waals surface area contributed by atoms with Crippen LogP contribution in [0.4, 0.5) is 11.6 Å². The SMILES string of the molecule is COC(=O)c1cc([C@H]2CCCN2c2cccc(OC)c2)c2oc(N3CCOCC3)cc(=O)c2c1. The molecule has 2 fully saturated rings. The Morgan fingerprint density at radius 2 is 1.88 bits per heavy atom. The Bertz CT molecular complexity index is 1260. The van der Waals surface area contributed by atoms with Gasteiger partial charge in [-0.05, 0) is 37.1 Å². The van der Waals surface area contributed by atoms with E-state index < -0.39 is 5.97 Å². The molecule has 1 aromatic heterocycles. The van der Waals surface area contributed by atoms with Crippen LogP contribution in [0.15, 0.2) is 51.7 Å². The van der Waals surface area contributed by atoms with Crippen LogP contribution >= 0.6 is 0 Å². The zero-order chi connectivity index (χ0) is 23.7. The summed E-state index contributed by atoms with van der Waals surface area (Å²) in [6.45, 7) is 3.33. The Morgan fingerprint density at radius 1 is 1.06 bits per heavy atom. The van der Waals surface area contributed by atoms with Crippen LogP contribution in [0.3, 0.4) is 0 Å². The summed E-state index contributed by atoms with van der Waals surface area (Å²) in [4.78, 5) is 30.0. The lowest BCUT2D eigenvalue weighted by Crippen LogP contribution is -2.36. The lowest BCUT2D eigenvalue weighted by molar-refractivity contribution is 0.0600. The lowest BCUT2D eigenvalue weighted by Gasteiger charge is -2.29. The molecule has 5 rings (SSSR count). The van der Waals surface area contributed by atoms with Gasteiger partial charge in [0.1, 0.15) is 11.3 Å². The number of hydrogen-bond donors (Lipinski definition) is 0. The smallest absolute Gasteiger partial charge is 0.337 e. The molecule has 2 aliphatic heterocycles. The highest BCUT2D eigenvalue weighted by molar-refractivity contribution is 5.95. The van der Waals surface area contributed by atoms with Gasteiger partial charge in [-0.3, -0.25) is 4.79 Å². The predicted molar refractivity (Wildman–Crippen MR) is 129 cm³/mol. The van der Waals surface area contributed by atoms with E-state index in [4.69, 9.17) is 18.6 Å². The van der Waals surface area contributed by atoms with Gasteiger partial charge in [0, 0.05) is 43.0 Å². The van der Waals surface area contributed by atoms with Gasteiger partial charge >= 0.3 is 5.97 Å². The highest BCUT2D eigenvalue weighted by atomic mass is 16.5. The van der Waals surface area contributed by atoms with Gasteiger partial charge in [0.2, 0.25) is 0 Å². The summed E-state index contributed by atoms with van der Waals surface area (Å²) in [5.41, 5.74) is 2.51. The van der Waals surface area contributed by atoms with Crippen molar-refractivity contribution >= 4 is 28.5 Å². The van der Waals surface area contributed by atoms with Crippen LogP contribution < -0.4 is 20.0 Å². The number of anilines is 2. The molecule has 0 unspecified atom stereocenters. The Morgan fingerprint density at radius 3 is 2.65 bits per heavy atom. The molecule has 0 saturated carbocycles. The minimum atomic E-state index is -0.481. The fraction of sp³-hybridized carbons (Fsp3) is 0.385. The molecule has 0 spiro atoms. The molecular weight excluding hydrogens is 436 g/mol. The second-order valence-corrected chi connectivity index (χ2v) is 8.53. The highest BCUT2D eigenvalue weighted by Crippen LogP contribution is 2.40. The third-order valence-corrected chi connectivity index (χ3v) is 6.58. The van der Waals surface area contributed by atoms with Crippen LogP contribution in [0.1, 0.15) is 34.8 Å². The molecule has 0 N–H and O–H groups in total. The molecule has 3 aromatic rings. The molecular formula is C26H28N2O6. The summed E-state index contributed by atoms with van der Waals surface area (Å²) in [5.74, 6) is 0.821. The molecule has 8 heteroatoms. The van der Waals surface area contributed by atoms with Crippen molar-refractivity contribution in [2.24, 2.45) is 0 Å². The number of carbonyl (C=O) groups excluding carboxylic acids is 1. The quantitative estimate of drug-likeness (QED) is 0.528. The number of rotatable bonds is 5. The molecule has 34 heavy (non-hydrogen) atoms. The second kappa shape index (κ2) is 9.38. The van der Waals surface area contributed by atoms with Crippen molar-refractivity contribution in [3.8, 4) is 5.75 Å². The fourth-order valence-electron chi connectivity index (χ4n) is 4.88. The second-order valence-electron chi connectivity index (χ2n) is 8.53. The summed E-state index contributed by atoms with van der Waals surface area (Å²) in [7, 11) is 2.99. The highest BCUT2D eigenvalue weighted by Gasteiger charge is 2.31. The Balaban J connectivity index is 1.67.